The van der Waals surface area contributed by atoms with E-state index in [2.05, 4.69) is 0 Å². The Balaban J connectivity index is 1.79. The van der Waals surface area contributed by atoms with Crippen molar-refractivity contribution in [1.82, 2.24) is 4.90 Å². The van der Waals surface area contributed by atoms with Crippen LogP contribution in [0.4, 0.5) is 4.79 Å². The van der Waals surface area contributed by atoms with E-state index in [1.165, 1.54) is 0 Å². The molecule has 0 saturated carbocycles. The van der Waals surface area contributed by atoms with Crippen LogP contribution in [0.3, 0.4) is 0 Å². The van der Waals surface area contributed by atoms with Gasteiger partial charge in [-0.3, -0.25) is 4.90 Å². The summed E-state index contributed by atoms with van der Waals surface area (Å²) >= 11 is 0. The van der Waals surface area contributed by atoms with E-state index in [4.69, 9.17) is 9.47 Å². The maximum atomic E-state index is 11.9. The number of benzene rings is 2. The predicted molar refractivity (Wildman–Crippen MR) is 84.4 cm³/mol. The van der Waals surface area contributed by atoms with Crippen LogP contribution in [0.5, 0.6) is 5.75 Å². The molecule has 1 atom stereocenters. The van der Waals surface area contributed by atoms with Crippen molar-refractivity contribution in [2.75, 3.05) is 13.7 Å². The normalized spacial score (nSPS) is 17.8. The molecule has 0 aromatic heterocycles. The average molecular weight is 295 g/mol. The number of methoxy groups -OCH3 is 1. The molecular weight excluding hydrogens is 278 g/mol. The highest BCUT2D eigenvalue weighted by molar-refractivity contribution is 5.73. The largest absolute Gasteiger partial charge is 0.497 e. The summed E-state index contributed by atoms with van der Waals surface area (Å²) in [6.45, 7) is 0.371. The molecule has 2 aromatic carbocycles. The van der Waals surface area contributed by atoms with E-state index in [-0.39, 0.29) is 12.1 Å². The minimum Gasteiger partial charge on any atom is -0.497 e. The molecule has 1 aliphatic heterocycles. The summed E-state index contributed by atoms with van der Waals surface area (Å²) in [5, 5.41) is 0. The van der Waals surface area contributed by atoms with Crippen molar-refractivity contribution < 1.29 is 14.3 Å². The Bertz CT molecular complexity index is 664. The van der Waals surface area contributed by atoms with E-state index >= 15 is 0 Å². The van der Waals surface area contributed by atoms with Crippen molar-refractivity contribution in [2.45, 2.75) is 6.04 Å². The number of amides is 1. The number of carbonyl (C=O) groups excluding carboxylic acids is 1. The lowest BCUT2D eigenvalue weighted by molar-refractivity contribution is 0.166. The Morgan fingerprint density at radius 1 is 1.14 bits per heavy atom. The van der Waals surface area contributed by atoms with E-state index in [0.717, 1.165) is 16.9 Å². The van der Waals surface area contributed by atoms with Crippen molar-refractivity contribution >= 4 is 12.2 Å². The lowest BCUT2D eigenvalue weighted by atomic mass is 10.1. The summed E-state index contributed by atoms with van der Waals surface area (Å²) < 4.78 is 10.3. The summed E-state index contributed by atoms with van der Waals surface area (Å²) in [5.74, 6) is 0.805. The van der Waals surface area contributed by atoms with Crippen molar-refractivity contribution in [3.8, 4) is 5.75 Å². The quantitative estimate of drug-likeness (QED) is 0.859. The smallest absolute Gasteiger partial charge is 0.414 e. The number of cyclic esters (lactones) is 1. The van der Waals surface area contributed by atoms with Gasteiger partial charge in [-0.1, -0.05) is 42.5 Å². The molecule has 1 amide bonds. The van der Waals surface area contributed by atoms with E-state index in [0.29, 0.717) is 6.61 Å². The van der Waals surface area contributed by atoms with Gasteiger partial charge in [0.1, 0.15) is 12.4 Å². The van der Waals surface area contributed by atoms with Gasteiger partial charge in [0.05, 0.1) is 13.2 Å². The van der Waals surface area contributed by atoms with E-state index in [9.17, 15) is 4.79 Å². The third-order valence-corrected chi connectivity index (χ3v) is 3.64. The first-order valence-electron chi connectivity index (χ1n) is 7.10. The molecule has 1 aliphatic rings. The number of hydrogen-bond donors (Lipinski definition) is 0. The Labute approximate surface area is 129 Å². The van der Waals surface area contributed by atoms with Gasteiger partial charge >= 0.3 is 6.09 Å². The topological polar surface area (TPSA) is 38.8 Å². The standard InChI is InChI=1S/C18H17NO3/c1-21-16-9-7-14(8-10-16)11-12-19-17(13-22-18(19)20)15-5-3-2-4-6-15/h2-12,17H,13H2,1H3/b12-11-/t17-/m1/s1. The van der Waals surface area contributed by atoms with Crippen LogP contribution >= 0.6 is 0 Å². The molecule has 0 spiro atoms. The van der Waals surface area contributed by atoms with Gasteiger partial charge in [0.25, 0.3) is 0 Å². The Kier molecular flexibility index (Phi) is 4.10. The summed E-state index contributed by atoms with van der Waals surface area (Å²) in [6.07, 6.45) is 3.34. The molecule has 0 radical (unpaired) electrons. The third-order valence-electron chi connectivity index (χ3n) is 3.64. The maximum absolute atomic E-state index is 11.9. The van der Waals surface area contributed by atoms with Crippen molar-refractivity contribution in [2.24, 2.45) is 0 Å². The summed E-state index contributed by atoms with van der Waals surface area (Å²) in [7, 11) is 1.63. The number of nitrogens with zero attached hydrogens (tertiary/aromatic N) is 1. The van der Waals surface area contributed by atoms with Crippen LogP contribution in [-0.2, 0) is 4.74 Å². The van der Waals surface area contributed by atoms with Gasteiger partial charge in [-0.05, 0) is 29.3 Å². The second-order valence-corrected chi connectivity index (χ2v) is 5.00. The molecule has 1 saturated heterocycles. The highest BCUT2D eigenvalue weighted by Crippen LogP contribution is 2.28. The van der Waals surface area contributed by atoms with Crippen LogP contribution in [0.2, 0.25) is 0 Å². The zero-order valence-corrected chi connectivity index (χ0v) is 12.3. The first-order valence-corrected chi connectivity index (χ1v) is 7.10. The fourth-order valence-corrected chi connectivity index (χ4v) is 2.41. The lowest BCUT2D eigenvalue weighted by Crippen LogP contribution is -2.21. The van der Waals surface area contributed by atoms with Gasteiger partial charge in [0, 0.05) is 6.20 Å². The molecule has 4 heteroatoms. The van der Waals surface area contributed by atoms with Crippen LogP contribution in [0.25, 0.3) is 6.08 Å². The van der Waals surface area contributed by atoms with Crippen molar-refractivity contribution in [3.05, 3.63) is 71.9 Å². The molecule has 1 fully saturated rings. The van der Waals surface area contributed by atoms with Gasteiger partial charge in [-0.25, -0.2) is 4.79 Å². The van der Waals surface area contributed by atoms with Crippen LogP contribution in [0, 0.1) is 0 Å². The molecule has 4 nitrogen and oxygen atoms in total. The molecule has 0 bridgehead atoms. The first-order chi connectivity index (χ1) is 10.8. The second kappa shape index (κ2) is 6.35. The average Bonchev–Trinajstić information content (AvgIpc) is 2.95. The predicted octanol–water partition coefficient (Wildman–Crippen LogP) is 3.86. The van der Waals surface area contributed by atoms with E-state index in [1.807, 2.05) is 60.7 Å². The first kappa shape index (κ1) is 14.2. The van der Waals surface area contributed by atoms with Gasteiger partial charge < -0.3 is 9.47 Å². The summed E-state index contributed by atoms with van der Waals surface area (Å²) in [6, 6.07) is 17.5. The van der Waals surface area contributed by atoms with Gasteiger partial charge in [0.2, 0.25) is 0 Å². The monoisotopic (exact) mass is 295 g/mol. The van der Waals surface area contributed by atoms with Crippen molar-refractivity contribution in [1.29, 1.82) is 0 Å². The van der Waals surface area contributed by atoms with E-state index < -0.39 is 0 Å². The highest BCUT2D eigenvalue weighted by atomic mass is 16.6. The van der Waals surface area contributed by atoms with E-state index in [1.54, 1.807) is 18.2 Å². The van der Waals surface area contributed by atoms with Crippen molar-refractivity contribution in [3.63, 3.8) is 0 Å². The Hall–Kier alpha value is -2.75. The summed E-state index contributed by atoms with van der Waals surface area (Å²) in [4.78, 5) is 13.5. The number of carbonyl (C=O) groups is 1. The third kappa shape index (κ3) is 2.96. The molecule has 1 heterocycles. The second-order valence-electron chi connectivity index (χ2n) is 5.00. The maximum Gasteiger partial charge on any atom is 0.414 e. The lowest BCUT2D eigenvalue weighted by Gasteiger charge is -2.17. The number of hydrogen-bond acceptors (Lipinski definition) is 3. The van der Waals surface area contributed by atoms with Crippen LogP contribution in [0.15, 0.2) is 60.8 Å². The van der Waals surface area contributed by atoms with Gasteiger partial charge in [0.15, 0.2) is 0 Å². The Morgan fingerprint density at radius 3 is 2.55 bits per heavy atom. The molecule has 2 aromatic rings. The van der Waals surface area contributed by atoms with Gasteiger partial charge in [-0.2, -0.15) is 0 Å². The number of ether oxygens (including phenoxy) is 2. The zero-order chi connectivity index (χ0) is 15.4. The SMILES string of the molecule is COc1ccc(/C=C\N2C(=O)OC[C@@H]2c2ccccc2)cc1. The Morgan fingerprint density at radius 2 is 1.86 bits per heavy atom. The fraction of sp³-hybridized carbons (Fsp3) is 0.167. The molecular formula is C18H17NO3. The molecule has 3 rings (SSSR count). The highest BCUT2D eigenvalue weighted by Gasteiger charge is 2.32. The van der Waals surface area contributed by atoms with Crippen LogP contribution in [-0.4, -0.2) is 24.7 Å². The van der Waals surface area contributed by atoms with Crippen LogP contribution < -0.4 is 4.74 Å². The molecule has 0 N–H and O–H groups in total. The zero-order valence-electron chi connectivity index (χ0n) is 12.3. The fourth-order valence-electron chi connectivity index (χ4n) is 2.41. The number of rotatable bonds is 4. The summed E-state index contributed by atoms with van der Waals surface area (Å²) in [5.41, 5.74) is 2.06. The minimum atomic E-state index is -0.321. The molecule has 112 valence electrons. The van der Waals surface area contributed by atoms with Gasteiger partial charge in [-0.15, -0.1) is 0 Å². The molecule has 22 heavy (non-hydrogen) atoms. The molecule has 0 unspecified atom stereocenters. The minimum absolute atomic E-state index is 0.0804. The molecule has 0 aliphatic carbocycles. The van der Waals surface area contributed by atoms with Crippen LogP contribution in [0.1, 0.15) is 17.2 Å².